The van der Waals surface area contributed by atoms with Crippen molar-refractivity contribution >= 4 is 0 Å². The summed E-state index contributed by atoms with van der Waals surface area (Å²) in [5.41, 5.74) is 0.649. The summed E-state index contributed by atoms with van der Waals surface area (Å²) in [6, 6.07) is 4.29. The highest BCUT2D eigenvalue weighted by Gasteiger charge is 2.10. The van der Waals surface area contributed by atoms with Crippen LogP contribution in [0.3, 0.4) is 0 Å². The van der Waals surface area contributed by atoms with Crippen molar-refractivity contribution in [2.45, 2.75) is 71.3 Å². The minimum Gasteiger partial charge on any atom is -0.493 e. The molecule has 0 aliphatic rings. The van der Waals surface area contributed by atoms with E-state index in [1.807, 2.05) is 0 Å². The van der Waals surface area contributed by atoms with Crippen LogP contribution in [-0.4, -0.2) is 11.7 Å². The van der Waals surface area contributed by atoms with Crippen molar-refractivity contribution in [3.8, 4) is 5.75 Å². The number of unbranched alkanes of at least 4 members (excludes halogenated alkanes) is 7. The van der Waals surface area contributed by atoms with Gasteiger partial charge in [0, 0.05) is 11.6 Å². The highest BCUT2D eigenvalue weighted by Crippen LogP contribution is 2.26. The Labute approximate surface area is 128 Å². The molecule has 21 heavy (non-hydrogen) atoms. The van der Waals surface area contributed by atoms with Gasteiger partial charge in [0.2, 0.25) is 0 Å². The van der Waals surface area contributed by atoms with E-state index >= 15 is 0 Å². The van der Waals surface area contributed by atoms with Gasteiger partial charge in [-0.15, -0.1) is 0 Å². The van der Waals surface area contributed by atoms with Crippen molar-refractivity contribution in [3.63, 3.8) is 0 Å². The van der Waals surface area contributed by atoms with Crippen molar-refractivity contribution in [1.82, 2.24) is 0 Å². The van der Waals surface area contributed by atoms with Crippen molar-refractivity contribution < 1.29 is 14.2 Å². The van der Waals surface area contributed by atoms with Crippen LogP contribution in [0.15, 0.2) is 18.2 Å². The van der Waals surface area contributed by atoms with Gasteiger partial charge in [0.1, 0.15) is 11.6 Å². The molecule has 0 unspecified atom stereocenters. The quantitative estimate of drug-likeness (QED) is 0.554. The Kier molecular flexibility index (Phi) is 9.07. The molecule has 0 heterocycles. The molecular formula is C18H29FO2. The van der Waals surface area contributed by atoms with Crippen LogP contribution in [-0.2, 0) is 0 Å². The highest BCUT2D eigenvalue weighted by molar-refractivity contribution is 5.35. The number of aliphatic hydroxyl groups excluding tert-OH is 1. The molecule has 1 atom stereocenters. The Balaban J connectivity index is 2.19. The molecule has 0 bridgehead atoms. The number of hydrogen-bond acceptors (Lipinski definition) is 2. The van der Waals surface area contributed by atoms with E-state index in [0.717, 1.165) is 12.8 Å². The second-order valence-electron chi connectivity index (χ2n) is 5.68. The molecule has 0 amide bonds. The SMILES string of the molecule is CCCCCCCCCCOc1cc(F)ccc1[C@H](C)O. The maximum Gasteiger partial charge on any atom is 0.127 e. The Bertz CT molecular complexity index is 391. The zero-order chi connectivity index (χ0) is 15.5. The van der Waals surface area contributed by atoms with Crippen molar-refractivity contribution in [1.29, 1.82) is 0 Å². The zero-order valence-corrected chi connectivity index (χ0v) is 13.4. The summed E-state index contributed by atoms with van der Waals surface area (Å²) in [7, 11) is 0. The van der Waals surface area contributed by atoms with Crippen molar-refractivity contribution in [2.75, 3.05) is 6.61 Å². The van der Waals surface area contributed by atoms with Gasteiger partial charge in [0.05, 0.1) is 12.7 Å². The monoisotopic (exact) mass is 296 g/mol. The summed E-state index contributed by atoms with van der Waals surface area (Å²) in [5.74, 6) is 0.137. The number of ether oxygens (including phenoxy) is 1. The molecule has 1 aromatic rings. The van der Waals surface area contributed by atoms with Crippen LogP contribution in [0.25, 0.3) is 0 Å². The van der Waals surface area contributed by atoms with Gasteiger partial charge in [-0.25, -0.2) is 4.39 Å². The second kappa shape index (κ2) is 10.6. The first-order valence-electron chi connectivity index (χ1n) is 8.25. The summed E-state index contributed by atoms with van der Waals surface area (Å²) in [5, 5.41) is 9.64. The molecule has 0 aromatic heterocycles. The normalized spacial score (nSPS) is 12.4. The van der Waals surface area contributed by atoms with E-state index in [4.69, 9.17) is 4.74 Å². The number of aliphatic hydroxyl groups is 1. The number of rotatable bonds is 11. The number of benzene rings is 1. The summed E-state index contributed by atoms with van der Waals surface area (Å²) in [6.45, 7) is 4.47. The fourth-order valence-electron chi connectivity index (χ4n) is 2.40. The Hall–Kier alpha value is -1.09. The van der Waals surface area contributed by atoms with Gasteiger partial charge in [0.25, 0.3) is 0 Å². The molecular weight excluding hydrogens is 267 g/mol. The van der Waals surface area contributed by atoms with Crippen LogP contribution in [0.2, 0.25) is 0 Å². The van der Waals surface area contributed by atoms with Gasteiger partial charge in [-0.1, -0.05) is 51.9 Å². The number of halogens is 1. The van der Waals surface area contributed by atoms with E-state index in [1.165, 1.54) is 50.7 Å². The lowest BCUT2D eigenvalue weighted by Gasteiger charge is -2.13. The maximum atomic E-state index is 13.2. The summed E-state index contributed by atoms with van der Waals surface area (Å²) in [6.07, 6.45) is 9.29. The minimum atomic E-state index is -0.640. The largest absolute Gasteiger partial charge is 0.493 e. The predicted octanol–water partition coefficient (Wildman–Crippen LogP) is 5.40. The zero-order valence-electron chi connectivity index (χ0n) is 13.4. The van der Waals surface area contributed by atoms with Gasteiger partial charge in [-0.3, -0.25) is 0 Å². The molecule has 1 aromatic carbocycles. The summed E-state index contributed by atoms with van der Waals surface area (Å²) >= 11 is 0. The highest BCUT2D eigenvalue weighted by atomic mass is 19.1. The molecule has 2 nitrogen and oxygen atoms in total. The molecule has 0 aliphatic carbocycles. The molecule has 0 saturated carbocycles. The minimum absolute atomic E-state index is 0.328. The predicted molar refractivity (Wildman–Crippen MR) is 85.1 cm³/mol. The van der Waals surface area contributed by atoms with Gasteiger partial charge in [-0.2, -0.15) is 0 Å². The Morgan fingerprint density at radius 1 is 1.05 bits per heavy atom. The first-order chi connectivity index (χ1) is 10.1. The molecule has 0 spiro atoms. The molecule has 120 valence electrons. The molecule has 0 aliphatic heterocycles. The molecule has 3 heteroatoms. The van der Waals surface area contributed by atoms with Crippen LogP contribution in [0.4, 0.5) is 4.39 Å². The Morgan fingerprint density at radius 3 is 2.29 bits per heavy atom. The molecule has 0 radical (unpaired) electrons. The van der Waals surface area contributed by atoms with Crippen molar-refractivity contribution in [3.05, 3.63) is 29.6 Å². The van der Waals surface area contributed by atoms with E-state index < -0.39 is 6.10 Å². The lowest BCUT2D eigenvalue weighted by atomic mass is 10.1. The van der Waals surface area contributed by atoms with E-state index in [0.29, 0.717) is 17.9 Å². The van der Waals surface area contributed by atoms with Crippen LogP contribution >= 0.6 is 0 Å². The van der Waals surface area contributed by atoms with Crippen molar-refractivity contribution in [2.24, 2.45) is 0 Å². The average Bonchev–Trinajstić information content (AvgIpc) is 2.45. The lowest BCUT2D eigenvalue weighted by molar-refractivity contribution is 0.190. The number of hydrogen-bond donors (Lipinski definition) is 1. The maximum absolute atomic E-state index is 13.2. The van der Waals surface area contributed by atoms with Gasteiger partial charge >= 0.3 is 0 Å². The van der Waals surface area contributed by atoms with Gasteiger partial charge in [0.15, 0.2) is 0 Å². The summed E-state index contributed by atoms with van der Waals surface area (Å²) < 4.78 is 18.9. The third kappa shape index (κ3) is 7.47. The third-order valence-electron chi connectivity index (χ3n) is 3.68. The average molecular weight is 296 g/mol. The first-order valence-corrected chi connectivity index (χ1v) is 8.25. The fraction of sp³-hybridized carbons (Fsp3) is 0.667. The Morgan fingerprint density at radius 2 is 1.67 bits per heavy atom. The van der Waals surface area contributed by atoms with E-state index in [1.54, 1.807) is 13.0 Å². The van der Waals surface area contributed by atoms with E-state index in [9.17, 15) is 9.50 Å². The second-order valence-corrected chi connectivity index (χ2v) is 5.68. The topological polar surface area (TPSA) is 29.5 Å². The molecule has 0 saturated heterocycles. The molecule has 1 N–H and O–H groups in total. The third-order valence-corrected chi connectivity index (χ3v) is 3.68. The summed E-state index contributed by atoms with van der Waals surface area (Å²) in [4.78, 5) is 0. The van der Waals surface area contributed by atoms with Crippen LogP contribution in [0.1, 0.15) is 76.9 Å². The van der Waals surface area contributed by atoms with Crippen LogP contribution in [0.5, 0.6) is 5.75 Å². The first kappa shape index (κ1) is 18.0. The van der Waals surface area contributed by atoms with E-state index in [-0.39, 0.29) is 5.82 Å². The molecule has 0 fully saturated rings. The van der Waals surface area contributed by atoms with E-state index in [2.05, 4.69) is 6.92 Å². The fourth-order valence-corrected chi connectivity index (χ4v) is 2.40. The van der Waals surface area contributed by atoms with Crippen LogP contribution < -0.4 is 4.74 Å². The standard InChI is InChI=1S/C18H29FO2/c1-3-4-5-6-7-8-9-10-13-21-18-14-16(19)11-12-17(18)15(2)20/h11-12,14-15,20H,3-10,13H2,1-2H3/t15-/m0/s1. The lowest BCUT2D eigenvalue weighted by Crippen LogP contribution is -2.03. The smallest absolute Gasteiger partial charge is 0.127 e. The van der Waals surface area contributed by atoms with Gasteiger partial charge < -0.3 is 9.84 Å². The van der Waals surface area contributed by atoms with Gasteiger partial charge in [-0.05, 0) is 25.5 Å². The molecule has 1 rings (SSSR count). The van der Waals surface area contributed by atoms with Crippen LogP contribution in [0, 0.1) is 5.82 Å².